The number of amides is 1. The number of benzene rings is 2. The molecule has 0 atom stereocenters. The maximum absolute atomic E-state index is 13.0. The summed E-state index contributed by atoms with van der Waals surface area (Å²) in [5.74, 6) is 2.21. The van der Waals surface area contributed by atoms with Crippen LogP contribution >= 0.6 is 11.8 Å². The van der Waals surface area contributed by atoms with Crippen molar-refractivity contribution in [3.8, 4) is 11.6 Å². The molecule has 1 amide bonds. The van der Waals surface area contributed by atoms with Crippen LogP contribution in [-0.2, 0) is 5.75 Å². The minimum absolute atomic E-state index is 0.196. The molecule has 0 saturated heterocycles. The van der Waals surface area contributed by atoms with Crippen molar-refractivity contribution in [2.75, 3.05) is 5.32 Å². The van der Waals surface area contributed by atoms with Gasteiger partial charge in [-0.25, -0.2) is 4.98 Å². The number of rotatable bonds is 7. The molecule has 0 aliphatic rings. The van der Waals surface area contributed by atoms with Crippen LogP contribution in [0.25, 0.3) is 0 Å². The molecular weight excluding hydrogens is 412 g/mol. The Morgan fingerprint density at radius 1 is 1.13 bits per heavy atom. The lowest BCUT2D eigenvalue weighted by Crippen LogP contribution is -2.13. The van der Waals surface area contributed by atoms with Gasteiger partial charge >= 0.3 is 0 Å². The second kappa shape index (κ2) is 9.44. The van der Waals surface area contributed by atoms with Gasteiger partial charge in [0.05, 0.1) is 17.5 Å². The Hall–Kier alpha value is -3.65. The first kappa shape index (κ1) is 20.6. The van der Waals surface area contributed by atoms with E-state index in [-0.39, 0.29) is 5.91 Å². The van der Waals surface area contributed by atoms with Crippen LogP contribution in [0.1, 0.15) is 27.4 Å². The van der Waals surface area contributed by atoms with E-state index in [1.54, 1.807) is 48.4 Å². The van der Waals surface area contributed by atoms with E-state index in [1.807, 2.05) is 38.1 Å². The average molecular weight is 433 g/mol. The zero-order valence-electron chi connectivity index (χ0n) is 17.0. The van der Waals surface area contributed by atoms with Crippen molar-refractivity contribution in [3.05, 3.63) is 89.7 Å². The lowest BCUT2D eigenvalue weighted by Gasteiger charge is -2.11. The minimum atomic E-state index is -0.196. The lowest BCUT2D eigenvalue weighted by atomic mass is 10.2. The van der Waals surface area contributed by atoms with E-state index >= 15 is 0 Å². The fourth-order valence-electron chi connectivity index (χ4n) is 2.93. The molecular formula is C23H20N4O3S. The van der Waals surface area contributed by atoms with Crippen LogP contribution in [-0.4, -0.2) is 21.0 Å². The standard InChI is InChI=1S/C23H20N4O3S/c1-15-20(16(2)30-27-15)14-31-21-9-4-3-8-19(21)23(28)26-17-6-5-7-18(12-17)29-22-13-24-10-11-25-22/h3-13H,14H2,1-2H3,(H,26,28). The third-order valence-corrected chi connectivity index (χ3v) is 5.64. The molecule has 8 heteroatoms. The molecule has 2 heterocycles. The third-order valence-electron chi connectivity index (χ3n) is 4.54. The Balaban J connectivity index is 1.47. The number of ether oxygens (including phenoxy) is 1. The largest absolute Gasteiger partial charge is 0.437 e. The lowest BCUT2D eigenvalue weighted by molar-refractivity contribution is 0.102. The maximum atomic E-state index is 13.0. The van der Waals surface area contributed by atoms with Crippen LogP contribution in [0.2, 0.25) is 0 Å². The summed E-state index contributed by atoms with van der Waals surface area (Å²) in [6, 6.07) is 14.7. The van der Waals surface area contributed by atoms with Crippen molar-refractivity contribution in [2.45, 2.75) is 24.5 Å². The highest BCUT2D eigenvalue weighted by atomic mass is 32.2. The van der Waals surface area contributed by atoms with Crippen molar-refractivity contribution in [1.29, 1.82) is 0 Å². The first-order chi connectivity index (χ1) is 15.1. The van der Waals surface area contributed by atoms with Gasteiger partial charge < -0.3 is 14.6 Å². The predicted molar refractivity (Wildman–Crippen MR) is 118 cm³/mol. The Morgan fingerprint density at radius 3 is 2.77 bits per heavy atom. The van der Waals surface area contributed by atoms with Gasteiger partial charge in [0, 0.05) is 40.4 Å². The summed E-state index contributed by atoms with van der Waals surface area (Å²) in [6.45, 7) is 3.81. The number of carbonyl (C=O) groups is 1. The maximum Gasteiger partial charge on any atom is 0.256 e. The van der Waals surface area contributed by atoms with Crippen molar-refractivity contribution in [2.24, 2.45) is 0 Å². The second-order valence-electron chi connectivity index (χ2n) is 6.72. The normalized spacial score (nSPS) is 10.6. The zero-order chi connectivity index (χ0) is 21.6. The van der Waals surface area contributed by atoms with Crippen LogP contribution < -0.4 is 10.1 Å². The van der Waals surface area contributed by atoms with Crippen molar-refractivity contribution in [1.82, 2.24) is 15.1 Å². The molecule has 0 radical (unpaired) electrons. The average Bonchev–Trinajstić information content (AvgIpc) is 3.10. The van der Waals surface area contributed by atoms with Crippen LogP contribution in [0, 0.1) is 13.8 Å². The fraction of sp³-hybridized carbons (Fsp3) is 0.130. The Morgan fingerprint density at radius 2 is 2.00 bits per heavy atom. The third kappa shape index (κ3) is 5.10. The van der Waals surface area contributed by atoms with E-state index < -0.39 is 0 Å². The van der Waals surface area contributed by atoms with Gasteiger partial charge in [0.2, 0.25) is 5.88 Å². The number of hydrogen-bond donors (Lipinski definition) is 1. The van der Waals surface area contributed by atoms with Crippen LogP contribution in [0.3, 0.4) is 0 Å². The number of hydrogen-bond acceptors (Lipinski definition) is 7. The van der Waals surface area contributed by atoms with Crippen molar-refractivity contribution >= 4 is 23.4 Å². The van der Waals surface area contributed by atoms with Gasteiger partial charge in [0.1, 0.15) is 11.5 Å². The van der Waals surface area contributed by atoms with Gasteiger partial charge in [-0.05, 0) is 38.1 Å². The second-order valence-corrected chi connectivity index (χ2v) is 7.73. The topological polar surface area (TPSA) is 90.1 Å². The highest BCUT2D eigenvalue weighted by molar-refractivity contribution is 7.98. The van der Waals surface area contributed by atoms with Gasteiger partial charge in [-0.15, -0.1) is 11.8 Å². The number of nitrogens with zero attached hydrogens (tertiary/aromatic N) is 3. The minimum Gasteiger partial charge on any atom is -0.437 e. The number of aromatic nitrogens is 3. The van der Waals surface area contributed by atoms with Crippen molar-refractivity contribution in [3.63, 3.8) is 0 Å². The molecule has 4 rings (SSSR count). The van der Waals surface area contributed by atoms with Crippen molar-refractivity contribution < 1.29 is 14.1 Å². The molecule has 31 heavy (non-hydrogen) atoms. The molecule has 0 aliphatic heterocycles. The quantitative estimate of drug-likeness (QED) is 0.390. The molecule has 4 aromatic rings. The first-order valence-electron chi connectivity index (χ1n) is 9.59. The van der Waals surface area contributed by atoms with E-state index in [0.717, 1.165) is 21.9 Å². The molecule has 0 saturated carbocycles. The van der Waals surface area contributed by atoms with Crippen LogP contribution in [0.15, 0.2) is 76.5 Å². The van der Waals surface area contributed by atoms with Gasteiger partial charge in [-0.3, -0.25) is 9.78 Å². The number of aryl methyl sites for hydroxylation is 2. The molecule has 0 spiro atoms. The number of thioether (sulfide) groups is 1. The summed E-state index contributed by atoms with van der Waals surface area (Å²) in [4.78, 5) is 21.9. The first-order valence-corrected chi connectivity index (χ1v) is 10.6. The summed E-state index contributed by atoms with van der Waals surface area (Å²) in [5.41, 5.74) is 3.14. The molecule has 0 bridgehead atoms. The molecule has 156 valence electrons. The Labute approximate surface area is 183 Å². The summed E-state index contributed by atoms with van der Waals surface area (Å²) >= 11 is 1.58. The molecule has 0 aliphatic carbocycles. The van der Waals surface area contributed by atoms with Crippen LogP contribution in [0.4, 0.5) is 5.69 Å². The van der Waals surface area contributed by atoms with E-state index in [4.69, 9.17) is 9.26 Å². The van der Waals surface area contributed by atoms with E-state index in [1.165, 1.54) is 6.20 Å². The summed E-state index contributed by atoms with van der Waals surface area (Å²) in [6.07, 6.45) is 4.65. The van der Waals surface area contributed by atoms with Gasteiger partial charge in [-0.2, -0.15) is 0 Å². The van der Waals surface area contributed by atoms with Gasteiger partial charge in [-0.1, -0.05) is 23.4 Å². The molecule has 0 unspecified atom stereocenters. The van der Waals surface area contributed by atoms with Gasteiger partial charge in [0.25, 0.3) is 5.91 Å². The SMILES string of the molecule is Cc1noc(C)c1CSc1ccccc1C(=O)Nc1cccc(Oc2cnccn2)c1. The summed E-state index contributed by atoms with van der Waals surface area (Å²) in [5, 5.41) is 6.93. The molecule has 0 fully saturated rings. The fourth-order valence-corrected chi connectivity index (χ4v) is 4.14. The highest BCUT2D eigenvalue weighted by Crippen LogP contribution is 2.30. The number of anilines is 1. The summed E-state index contributed by atoms with van der Waals surface area (Å²) in [7, 11) is 0. The highest BCUT2D eigenvalue weighted by Gasteiger charge is 2.15. The molecule has 2 aromatic heterocycles. The number of nitrogens with one attached hydrogen (secondary N) is 1. The van der Waals surface area contributed by atoms with E-state index in [2.05, 4.69) is 20.4 Å². The molecule has 7 nitrogen and oxygen atoms in total. The molecule has 2 aromatic carbocycles. The van der Waals surface area contributed by atoms with Crippen LogP contribution in [0.5, 0.6) is 11.6 Å². The molecule has 1 N–H and O–H groups in total. The Bertz CT molecular complexity index is 1170. The zero-order valence-corrected chi connectivity index (χ0v) is 17.8. The van der Waals surface area contributed by atoms with E-state index in [0.29, 0.717) is 28.6 Å². The Kier molecular flexibility index (Phi) is 6.28. The van der Waals surface area contributed by atoms with E-state index in [9.17, 15) is 4.79 Å². The smallest absolute Gasteiger partial charge is 0.256 e. The predicted octanol–water partition coefficient (Wildman–Crippen LogP) is 5.42. The monoisotopic (exact) mass is 432 g/mol. The number of carbonyl (C=O) groups excluding carboxylic acids is 1. The van der Waals surface area contributed by atoms with Gasteiger partial charge in [0.15, 0.2) is 0 Å². The summed E-state index contributed by atoms with van der Waals surface area (Å²) < 4.78 is 10.9.